The Labute approximate surface area is 74.2 Å². The number of pyridine rings is 1. The van der Waals surface area contributed by atoms with Crippen molar-refractivity contribution < 1.29 is 9.18 Å². The van der Waals surface area contributed by atoms with Gasteiger partial charge in [-0.15, -0.1) is 11.8 Å². The van der Waals surface area contributed by atoms with Crippen LogP contribution in [0.4, 0.5) is 4.39 Å². The summed E-state index contributed by atoms with van der Waals surface area (Å²) >= 11 is 1.19. The third-order valence-corrected chi connectivity index (χ3v) is 2.10. The van der Waals surface area contributed by atoms with Gasteiger partial charge in [0.15, 0.2) is 11.6 Å². The van der Waals surface area contributed by atoms with Gasteiger partial charge in [-0.3, -0.25) is 4.79 Å². The Morgan fingerprint density at radius 3 is 2.83 bits per heavy atom. The van der Waals surface area contributed by atoms with E-state index in [9.17, 15) is 9.18 Å². The predicted octanol–water partition coefficient (Wildman–Crippen LogP) is 2.15. The molecule has 0 atom stereocenters. The number of rotatable bonds is 2. The molecule has 0 saturated carbocycles. The van der Waals surface area contributed by atoms with Gasteiger partial charge in [0.05, 0.1) is 5.56 Å². The Kier molecular flexibility index (Phi) is 2.81. The highest BCUT2D eigenvalue weighted by Crippen LogP contribution is 2.18. The molecule has 0 spiro atoms. The lowest BCUT2D eigenvalue weighted by molar-refractivity contribution is 0.101. The summed E-state index contributed by atoms with van der Waals surface area (Å²) in [5, 5.41) is 0.266. The van der Waals surface area contributed by atoms with E-state index in [4.69, 9.17) is 0 Å². The maximum Gasteiger partial charge on any atom is 0.166 e. The number of nitrogens with zero attached hydrogens (tertiary/aromatic N) is 1. The molecule has 2 nitrogen and oxygen atoms in total. The summed E-state index contributed by atoms with van der Waals surface area (Å²) in [5.41, 5.74) is 0.106. The summed E-state index contributed by atoms with van der Waals surface area (Å²) in [5.74, 6) is -0.789. The van der Waals surface area contributed by atoms with E-state index in [-0.39, 0.29) is 16.4 Å². The standard InChI is InChI=1S/C8H8FNOS/c1-5(11)6-3-4-10-8(12-2)7(6)9/h3-4H,1-2H3. The first-order valence-electron chi connectivity index (χ1n) is 3.36. The normalized spacial score (nSPS) is 9.92. The number of Topliss-reactive ketones (excluding diaryl/α,β-unsaturated/α-hetero) is 1. The van der Waals surface area contributed by atoms with E-state index in [1.807, 2.05) is 0 Å². The van der Waals surface area contributed by atoms with Crippen molar-refractivity contribution in [2.24, 2.45) is 0 Å². The highest BCUT2D eigenvalue weighted by molar-refractivity contribution is 7.98. The van der Waals surface area contributed by atoms with Crippen LogP contribution in [-0.2, 0) is 0 Å². The lowest BCUT2D eigenvalue weighted by Crippen LogP contribution is -1.99. The van der Waals surface area contributed by atoms with Crippen LogP contribution < -0.4 is 0 Å². The third-order valence-electron chi connectivity index (χ3n) is 1.43. The van der Waals surface area contributed by atoms with Crippen LogP contribution in [0.1, 0.15) is 17.3 Å². The molecular weight excluding hydrogens is 177 g/mol. The van der Waals surface area contributed by atoms with E-state index in [1.165, 1.54) is 30.9 Å². The summed E-state index contributed by atoms with van der Waals surface area (Å²) in [7, 11) is 0. The summed E-state index contributed by atoms with van der Waals surface area (Å²) < 4.78 is 13.2. The molecule has 0 aliphatic carbocycles. The fourth-order valence-electron chi connectivity index (χ4n) is 0.839. The number of carbonyl (C=O) groups is 1. The quantitative estimate of drug-likeness (QED) is 0.522. The van der Waals surface area contributed by atoms with E-state index < -0.39 is 5.82 Å². The zero-order valence-corrected chi connectivity index (χ0v) is 7.61. The topological polar surface area (TPSA) is 30.0 Å². The minimum absolute atomic E-state index is 0.106. The van der Waals surface area contributed by atoms with Crippen LogP contribution in [0.25, 0.3) is 0 Å². The third kappa shape index (κ3) is 1.64. The van der Waals surface area contributed by atoms with Crippen LogP contribution in [0.2, 0.25) is 0 Å². The molecule has 12 heavy (non-hydrogen) atoms. The highest BCUT2D eigenvalue weighted by atomic mass is 32.2. The number of thioether (sulfide) groups is 1. The van der Waals surface area contributed by atoms with Crippen LogP contribution in [-0.4, -0.2) is 17.0 Å². The Morgan fingerprint density at radius 2 is 2.33 bits per heavy atom. The van der Waals surface area contributed by atoms with Crippen molar-refractivity contribution in [1.29, 1.82) is 0 Å². The van der Waals surface area contributed by atoms with Crippen molar-refractivity contribution in [3.63, 3.8) is 0 Å². The maximum atomic E-state index is 13.2. The molecule has 0 aliphatic rings. The van der Waals surface area contributed by atoms with Gasteiger partial charge in [-0.2, -0.15) is 0 Å². The van der Waals surface area contributed by atoms with Gasteiger partial charge < -0.3 is 0 Å². The smallest absolute Gasteiger partial charge is 0.166 e. The molecular formula is C8H8FNOS. The summed E-state index contributed by atoms with van der Waals surface area (Å²) in [6.07, 6.45) is 3.15. The Hall–Kier alpha value is -0.900. The first-order valence-corrected chi connectivity index (χ1v) is 4.58. The van der Waals surface area contributed by atoms with Gasteiger partial charge >= 0.3 is 0 Å². The first-order chi connectivity index (χ1) is 5.66. The van der Waals surface area contributed by atoms with Crippen molar-refractivity contribution in [3.8, 4) is 0 Å². The largest absolute Gasteiger partial charge is 0.294 e. The van der Waals surface area contributed by atoms with Crippen molar-refractivity contribution in [1.82, 2.24) is 4.98 Å². The monoisotopic (exact) mass is 185 g/mol. The Bertz CT molecular complexity index is 314. The molecule has 0 bridgehead atoms. The molecule has 0 aromatic carbocycles. The number of halogens is 1. The Morgan fingerprint density at radius 1 is 1.67 bits per heavy atom. The van der Waals surface area contributed by atoms with E-state index in [1.54, 1.807) is 6.26 Å². The van der Waals surface area contributed by atoms with Crippen LogP contribution in [0.15, 0.2) is 17.3 Å². The lowest BCUT2D eigenvalue weighted by atomic mass is 10.2. The SMILES string of the molecule is CSc1nccc(C(C)=O)c1F. The summed E-state index contributed by atoms with van der Waals surface area (Å²) in [4.78, 5) is 14.6. The highest BCUT2D eigenvalue weighted by Gasteiger charge is 2.11. The zero-order valence-electron chi connectivity index (χ0n) is 6.80. The average Bonchev–Trinajstić information content (AvgIpc) is 2.04. The van der Waals surface area contributed by atoms with Gasteiger partial charge in [0.25, 0.3) is 0 Å². The van der Waals surface area contributed by atoms with Crippen LogP contribution in [0, 0.1) is 5.82 Å². The molecule has 0 amide bonds. The minimum Gasteiger partial charge on any atom is -0.294 e. The van der Waals surface area contributed by atoms with Gasteiger partial charge in [-0.1, -0.05) is 0 Å². The number of ketones is 1. The number of carbonyl (C=O) groups excluding carboxylic acids is 1. The molecule has 0 aliphatic heterocycles. The molecule has 1 aromatic rings. The molecule has 0 fully saturated rings. The second kappa shape index (κ2) is 3.67. The molecule has 4 heteroatoms. The van der Waals surface area contributed by atoms with Crippen LogP contribution >= 0.6 is 11.8 Å². The molecule has 1 rings (SSSR count). The maximum absolute atomic E-state index is 13.2. The summed E-state index contributed by atoms with van der Waals surface area (Å²) in [6.45, 7) is 1.34. The van der Waals surface area contributed by atoms with Crippen molar-refractivity contribution in [3.05, 3.63) is 23.6 Å². The van der Waals surface area contributed by atoms with Gasteiger partial charge in [0.2, 0.25) is 0 Å². The molecule has 0 unspecified atom stereocenters. The molecule has 0 radical (unpaired) electrons. The van der Waals surface area contributed by atoms with E-state index in [2.05, 4.69) is 4.98 Å². The molecule has 1 heterocycles. The fraction of sp³-hybridized carbons (Fsp3) is 0.250. The number of hydrogen-bond acceptors (Lipinski definition) is 3. The van der Waals surface area contributed by atoms with Crippen molar-refractivity contribution in [2.75, 3.05) is 6.26 Å². The number of aromatic nitrogens is 1. The van der Waals surface area contributed by atoms with E-state index in [0.29, 0.717) is 0 Å². The predicted molar refractivity (Wildman–Crippen MR) is 46.0 cm³/mol. The average molecular weight is 185 g/mol. The van der Waals surface area contributed by atoms with Gasteiger partial charge in [-0.05, 0) is 19.2 Å². The van der Waals surface area contributed by atoms with Crippen LogP contribution in [0.5, 0.6) is 0 Å². The zero-order chi connectivity index (χ0) is 9.14. The molecule has 64 valence electrons. The second-order valence-corrected chi connectivity index (χ2v) is 3.03. The fourth-order valence-corrected chi connectivity index (χ4v) is 1.29. The number of hydrogen-bond donors (Lipinski definition) is 0. The van der Waals surface area contributed by atoms with Crippen LogP contribution in [0.3, 0.4) is 0 Å². The lowest BCUT2D eigenvalue weighted by Gasteiger charge is -2.00. The summed E-state index contributed by atoms with van der Waals surface area (Å²) in [6, 6.07) is 1.39. The van der Waals surface area contributed by atoms with Gasteiger partial charge in [-0.25, -0.2) is 9.37 Å². The molecule has 0 saturated heterocycles. The van der Waals surface area contributed by atoms with E-state index in [0.717, 1.165) is 0 Å². The first kappa shape index (κ1) is 9.19. The molecule has 0 N–H and O–H groups in total. The molecule has 1 aromatic heterocycles. The van der Waals surface area contributed by atoms with Gasteiger partial charge in [0.1, 0.15) is 5.03 Å². The van der Waals surface area contributed by atoms with Gasteiger partial charge in [0, 0.05) is 6.20 Å². The Balaban J connectivity index is 3.23. The van der Waals surface area contributed by atoms with Crippen molar-refractivity contribution in [2.45, 2.75) is 11.9 Å². The van der Waals surface area contributed by atoms with E-state index >= 15 is 0 Å². The minimum atomic E-state index is -0.516. The second-order valence-electron chi connectivity index (χ2n) is 2.24. The van der Waals surface area contributed by atoms with Crippen molar-refractivity contribution >= 4 is 17.5 Å².